The van der Waals surface area contributed by atoms with Gasteiger partial charge in [0.2, 0.25) is 0 Å². The smallest absolute Gasteiger partial charge is 0.0981 e. The van der Waals surface area contributed by atoms with E-state index in [-0.39, 0.29) is 6.04 Å². The van der Waals surface area contributed by atoms with Crippen LogP contribution in [0.3, 0.4) is 0 Å². The van der Waals surface area contributed by atoms with Crippen molar-refractivity contribution in [2.45, 2.75) is 32.7 Å². The second kappa shape index (κ2) is 3.73. The van der Waals surface area contributed by atoms with Crippen LogP contribution < -0.4 is 5.32 Å². The Morgan fingerprint density at radius 1 is 1.55 bits per heavy atom. The lowest BCUT2D eigenvalue weighted by Gasteiger charge is -2.11. The summed E-state index contributed by atoms with van der Waals surface area (Å²) in [6.45, 7) is 5.29. The van der Waals surface area contributed by atoms with Gasteiger partial charge in [0.05, 0.1) is 12.1 Å². The number of nitriles is 1. The van der Waals surface area contributed by atoms with Crippen LogP contribution in [0.15, 0.2) is 0 Å². The van der Waals surface area contributed by atoms with Crippen molar-refractivity contribution in [2.75, 3.05) is 6.54 Å². The van der Waals surface area contributed by atoms with Gasteiger partial charge in [-0.1, -0.05) is 13.8 Å². The van der Waals surface area contributed by atoms with Crippen molar-refractivity contribution >= 4 is 0 Å². The molecule has 1 N–H and O–H groups in total. The third kappa shape index (κ3) is 2.90. The van der Waals surface area contributed by atoms with Crippen molar-refractivity contribution in [1.82, 2.24) is 5.32 Å². The first-order valence-corrected chi connectivity index (χ1v) is 4.37. The molecule has 1 unspecified atom stereocenters. The number of nitrogens with one attached hydrogen (secondary N) is 1. The Balaban J connectivity index is 2.17. The van der Waals surface area contributed by atoms with Gasteiger partial charge in [-0.3, -0.25) is 0 Å². The van der Waals surface area contributed by atoms with Gasteiger partial charge in [0.1, 0.15) is 0 Å². The van der Waals surface area contributed by atoms with Crippen molar-refractivity contribution in [1.29, 1.82) is 5.26 Å². The lowest BCUT2D eigenvalue weighted by Crippen LogP contribution is -2.32. The number of hydrogen-bond donors (Lipinski definition) is 1. The van der Waals surface area contributed by atoms with Crippen LogP contribution in [0.4, 0.5) is 0 Å². The highest BCUT2D eigenvalue weighted by Gasteiger charge is 2.30. The summed E-state index contributed by atoms with van der Waals surface area (Å²) < 4.78 is 0. The van der Waals surface area contributed by atoms with E-state index in [2.05, 4.69) is 25.2 Å². The number of rotatable bonds is 4. The quantitative estimate of drug-likeness (QED) is 0.663. The van der Waals surface area contributed by atoms with Crippen molar-refractivity contribution < 1.29 is 0 Å². The van der Waals surface area contributed by atoms with Gasteiger partial charge in [0.25, 0.3) is 0 Å². The molecule has 2 nitrogen and oxygen atoms in total. The predicted octanol–water partition coefficient (Wildman–Crippen LogP) is 1.53. The Kier molecular flexibility index (Phi) is 2.90. The van der Waals surface area contributed by atoms with Crippen LogP contribution in [0.1, 0.15) is 26.7 Å². The Hall–Kier alpha value is -0.550. The molecule has 0 aromatic carbocycles. The highest BCUT2D eigenvalue weighted by Crippen LogP contribution is 2.32. The first kappa shape index (κ1) is 8.55. The average molecular weight is 152 g/mol. The zero-order chi connectivity index (χ0) is 8.27. The molecule has 0 amide bonds. The minimum Gasteiger partial charge on any atom is -0.301 e. The van der Waals surface area contributed by atoms with E-state index < -0.39 is 0 Å². The molecular formula is C9H16N2. The van der Waals surface area contributed by atoms with Gasteiger partial charge >= 0.3 is 0 Å². The maximum atomic E-state index is 8.74. The molecule has 0 bridgehead atoms. The van der Waals surface area contributed by atoms with Crippen LogP contribution in [-0.2, 0) is 0 Å². The van der Waals surface area contributed by atoms with Gasteiger partial charge in [0.15, 0.2) is 0 Å². The van der Waals surface area contributed by atoms with E-state index in [1.54, 1.807) is 0 Å². The van der Waals surface area contributed by atoms with Crippen molar-refractivity contribution in [2.24, 2.45) is 11.8 Å². The molecule has 1 atom stereocenters. The second-order valence-corrected chi connectivity index (χ2v) is 3.75. The summed E-state index contributed by atoms with van der Waals surface area (Å²) >= 11 is 0. The van der Waals surface area contributed by atoms with E-state index in [0.29, 0.717) is 11.8 Å². The zero-order valence-electron chi connectivity index (χ0n) is 7.30. The van der Waals surface area contributed by atoms with Crippen LogP contribution in [0.2, 0.25) is 0 Å². The second-order valence-electron chi connectivity index (χ2n) is 3.75. The highest BCUT2D eigenvalue weighted by atomic mass is 14.9. The van der Waals surface area contributed by atoms with Gasteiger partial charge in [-0.15, -0.1) is 0 Å². The first-order valence-electron chi connectivity index (χ1n) is 4.37. The van der Waals surface area contributed by atoms with Crippen LogP contribution in [0.5, 0.6) is 0 Å². The third-order valence-corrected chi connectivity index (χ3v) is 1.98. The van der Waals surface area contributed by atoms with Crippen molar-refractivity contribution in [3.63, 3.8) is 0 Å². The van der Waals surface area contributed by atoms with Crippen LogP contribution in [0.25, 0.3) is 0 Å². The SMILES string of the molecule is CC(C)CNC(C#N)C1CC1. The first-order chi connectivity index (χ1) is 5.24. The Morgan fingerprint density at radius 2 is 2.18 bits per heavy atom. The summed E-state index contributed by atoms with van der Waals surface area (Å²) in [6.07, 6.45) is 2.48. The van der Waals surface area contributed by atoms with Crippen molar-refractivity contribution in [3.8, 4) is 6.07 Å². The lowest BCUT2D eigenvalue weighted by molar-refractivity contribution is 0.486. The summed E-state index contributed by atoms with van der Waals surface area (Å²) in [5.74, 6) is 1.29. The van der Waals surface area contributed by atoms with Crippen molar-refractivity contribution in [3.05, 3.63) is 0 Å². The van der Waals surface area contributed by atoms with Gasteiger partial charge in [-0.05, 0) is 31.2 Å². The Morgan fingerprint density at radius 3 is 2.55 bits per heavy atom. The number of nitrogens with zero attached hydrogens (tertiary/aromatic N) is 1. The predicted molar refractivity (Wildman–Crippen MR) is 45.0 cm³/mol. The molecule has 1 aliphatic rings. The highest BCUT2D eigenvalue weighted by molar-refractivity contribution is 5.00. The van der Waals surface area contributed by atoms with E-state index in [4.69, 9.17) is 5.26 Å². The molecule has 0 radical (unpaired) electrons. The fourth-order valence-electron chi connectivity index (χ4n) is 1.11. The van der Waals surface area contributed by atoms with Crippen LogP contribution in [-0.4, -0.2) is 12.6 Å². The van der Waals surface area contributed by atoms with Gasteiger partial charge < -0.3 is 5.32 Å². The molecule has 2 heteroatoms. The average Bonchev–Trinajstić information content (AvgIpc) is 2.72. The molecule has 1 aliphatic carbocycles. The maximum Gasteiger partial charge on any atom is 0.0981 e. The monoisotopic (exact) mass is 152 g/mol. The summed E-state index contributed by atoms with van der Waals surface area (Å²) in [7, 11) is 0. The molecule has 0 heterocycles. The normalized spacial score (nSPS) is 19.8. The largest absolute Gasteiger partial charge is 0.301 e. The summed E-state index contributed by atoms with van der Waals surface area (Å²) in [5.41, 5.74) is 0. The molecule has 11 heavy (non-hydrogen) atoms. The Labute approximate surface area is 68.6 Å². The number of hydrogen-bond acceptors (Lipinski definition) is 2. The Bertz CT molecular complexity index is 153. The topological polar surface area (TPSA) is 35.8 Å². The zero-order valence-corrected chi connectivity index (χ0v) is 7.30. The van der Waals surface area contributed by atoms with Crippen LogP contribution >= 0.6 is 0 Å². The lowest BCUT2D eigenvalue weighted by atomic mass is 10.1. The minimum absolute atomic E-state index is 0.123. The van der Waals surface area contributed by atoms with Gasteiger partial charge in [-0.25, -0.2) is 0 Å². The molecule has 0 aromatic rings. The molecule has 0 aromatic heterocycles. The molecular weight excluding hydrogens is 136 g/mol. The van der Waals surface area contributed by atoms with Gasteiger partial charge in [0, 0.05) is 0 Å². The summed E-state index contributed by atoms with van der Waals surface area (Å²) in [4.78, 5) is 0. The fourth-order valence-corrected chi connectivity index (χ4v) is 1.11. The van der Waals surface area contributed by atoms with Gasteiger partial charge in [-0.2, -0.15) is 5.26 Å². The molecule has 0 spiro atoms. The molecule has 0 aliphatic heterocycles. The maximum absolute atomic E-state index is 8.74. The molecule has 0 saturated heterocycles. The summed E-state index contributed by atoms with van der Waals surface area (Å²) in [6, 6.07) is 2.43. The molecule has 1 rings (SSSR count). The van der Waals surface area contributed by atoms with Crippen LogP contribution in [0, 0.1) is 23.2 Å². The van der Waals surface area contributed by atoms with E-state index in [9.17, 15) is 0 Å². The fraction of sp³-hybridized carbons (Fsp3) is 0.889. The van der Waals surface area contributed by atoms with E-state index in [1.165, 1.54) is 12.8 Å². The summed E-state index contributed by atoms with van der Waals surface area (Å²) in [5, 5.41) is 12.0. The van der Waals surface area contributed by atoms with E-state index in [0.717, 1.165) is 6.54 Å². The molecule has 62 valence electrons. The molecule has 1 saturated carbocycles. The van der Waals surface area contributed by atoms with E-state index >= 15 is 0 Å². The minimum atomic E-state index is 0.123. The van der Waals surface area contributed by atoms with E-state index in [1.807, 2.05) is 0 Å². The standard InChI is InChI=1S/C9H16N2/c1-7(2)6-11-9(5-10)8-3-4-8/h7-9,11H,3-4,6H2,1-2H3. The molecule has 1 fully saturated rings. The third-order valence-electron chi connectivity index (χ3n) is 1.98.